The number of aromatic nitrogens is 4. The molecule has 0 fully saturated rings. The smallest absolute Gasteiger partial charge is 0.870 e. The van der Waals surface area contributed by atoms with Crippen LogP contribution >= 0.6 is 82.0 Å². The molecule has 0 saturated carbocycles. The monoisotopic (exact) mass is 1960 g/mol. The van der Waals surface area contributed by atoms with Crippen LogP contribution in [0.15, 0.2) is 248 Å². The topological polar surface area (TPSA) is 473 Å². The van der Waals surface area contributed by atoms with Gasteiger partial charge in [-0.3, -0.25) is 58.1 Å². The number of hydrogen-bond acceptors (Lipinski definition) is 25. The van der Waals surface area contributed by atoms with Gasteiger partial charge in [0, 0.05) is 128 Å². The van der Waals surface area contributed by atoms with Crippen molar-refractivity contribution >= 4 is 184 Å². The maximum atomic E-state index is 12.7. The summed E-state index contributed by atoms with van der Waals surface area (Å²) in [6.45, 7) is 6.90. The summed E-state index contributed by atoms with van der Waals surface area (Å²) in [5.74, 6) is 2.63. The molecule has 133 heavy (non-hydrogen) atoms. The van der Waals surface area contributed by atoms with E-state index in [0.29, 0.717) is 173 Å². The Bertz CT molecular complexity index is 6640. The Morgan fingerprint density at radius 1 is 0.429 bits per heavy atom. The second-order valence-electron chi connectivity index (χ2n) is 28.4. The molecule has 1 aliphatic heterocycles. The molecule has 14 N–H and O–H groups in total. The van der Waals surface area contributed by atoms with Crippen LogP contribution in [0.4, 0.5) is 20.6 Å². The van der Waals surface area contributed by atoms with Crippen LogP contribution in [-0.2, 0) is 22.4 Å². The molecular formula is C95H86Cl7FN11NaO18. The maximum Gasteiger partial charge on any atom is 1.00 e. The molecule has 4 amide bonds. The van der Waals surface area contributed by atoms with Crippen LogP contribution in [0.5, 0.6) is 74.7 Å². The predicted molar refractivity (Wildman–Crippen MR) is 512 cm³/mol. The standard InChI is InChI=1S/C28H28ClN3O4.C25H19ClN2O5.C17H14ClN3O3.C11H9ClN2O2.C7H5ClO2.C6H6ClNO.CH3F.ClH.Na.H2O/c1-28(2,3)26-10-16(15-32-26)9-18(33)11-17-5-6-19(12-22(17)29)36-24-7-8-31-23-14-25(35-4)21(27(30)34)13-20(23)24;1-31-23-14-21-18(13-19(23)25(27)30)22(9-10-28-21)32-17-8-7-15(20(26)12-17)11-24(29)33-16-5-3-2-4-6-16;1-23-16-8-14-10(7-11(16)17(20)22)15(4-5-21-14)24-9-2-3-13(19)12(18)6-9;1-16-10-5-9-6(4-7(10)11(13)15)8(12)2-3-14-9;8-7(9)10-6-4-2-1-3-5-6;7-5-3-4(9)1-2-6(5)8;1-2;;;/h5-8,10,12-14H,9,11,15H2,1-4H3,(H2,30,34);2-10,12-14H,11H2,1H3,(H2,27,30);2-8H,19H2,1H3,(H2,20,22);2-5H,1H3,(H2,13,15);1-5H;1-3,9H,8H2;1H3;1H;;1H2/q;;;;;;;;+1;/p-1/i;;;;;;1D;;;. The van der Waals surface area contributed by atoms with Crippen molar-refractivity contribution in [3.05, 3.63) is 301 Å². The molecule has 0 unspecified atom stereocenters. The fourth-order valence-corrected chi connectivity index (χ4v) is 13.3. The van der Waals surface area contributed by atoms with E-state index in [1.807, 2.05) is 18.2 Å². The van der Waals surface area contributed by atoms with Crippen molar-refractivity contribution in [3.63, 3.8) is 0 Å². The first kappa shape index (κ1) is 107. The fraction of sp³-hybridized carbons (Fsp3) is 0.137. The molecule has 1 aliphatic rings. The van der Waals surface area contributed by atoms with Crippen LogP contribution in [0, 0.1) is 5.41 Å². The Labute approximate surface area is 822 Å². The van der Waals surface area contributed by atoms with E-state index < -0.39 is 42.2 Å². The number of carbonyl (C=O) groups is 7. The number of primary amides is 4. The van der Waals surface area contributed by atoms with Gasteiger partial charge >= 0.3 is 41.0 Å². The van der Waals surface area contributed by atoms with Gasteiger partial charge in [-0.05, 0) is 144 Å². The minimum Gasteiger partial charge on any atom is -0.870 e. The molecule has 0 radical (unpaired) electrons. The number of nitrogens with zero attached hydrogens (tertiary/aromatic N) is 5. The Morgan fingerprint density at radius 3 is 1.12 bits per heavy atom. The summed E-state index contributed by atoms with van der Waals surface area (Å²) in [7, 11) is 4.85. The number of phenolic OH excluding ortho intramolecular Hbond substituents is 1. The predicted octanol–water partition coefficient (Wildman–Crippen LogP) is 17.9. The number of benzene rings is 10. The largest absolute Gasteiger partial charge is 1.00 e. The number of nitrogens with two attached hydrogens (primary N) is 6. The average molecular weight is 1960 g/mol. The van der Waals surface area contributed by atoms with E-state index in [1.165, 1.54) is 40.6 Å². The number of Topliss-reactive ketones (excluding diaryl/α,β-unsaturated/α-hetero) is 1. The Morgan fingerprint density at radius 2 is 0.774 bits per heavy atom. The molecule has 29 nitrogen and oxygen atoms in total. The van der Waals surface area contributed by atoms with Gasteiger partial charge < -0.3 is 87.6 Å². The minimum atomic E-state index is -1.00. The SMILES string of the molecule is COc1cc2nccc(Cl)c2cc1C(N)=O.COc1cc2nccc(Oc3ccc(CC(=O)CC4=CC(C(C)(C)C)=NC4)c(Cl)c3)c2cc1C(N)=O.COc1cc2nccc(Oc3ccc(CC(=O)Oc4ccccc4)c(Cl)c3)c2cc1C(N)=O.COc1cc2nccc(Oc3ccc(N)c(Cl)c3)c2cc1C(N)=O.Cl.Nc1ccc(O)cc1Cl.O=C(Cl)Oc1ccccc1.[2H]CF.[Na+].[OH-]. The van der Waals surface area contributed by atoms with E-state index >= 15 is 0 Å². The van der Waals surface area contributed by atoms with Gasteiger partial charge in [0.1, 0.15) is 80.5 Å². The molecule has 14 aromatic rings. The van der Waals surface area contributed by atoms with Gasteiger partial charge in [0.2, 0.25) is 0 Å². The molecule has 15 rings (SSSR count). The number of esters is 1. The molecule has 0 atom stereocenters. The normalized spacial score (nSPS) is 10.9. The van der Waals surface area contributed by atoms with Gasteiger partial charge in [0.25, 0.3) is 23.6 Å². The van der Waals surface area contributed by atoms with Gasteiger partial charge in [-0.2, -0.15) is 0 Å². The summed E-state index contributed by atoms with van der Waals surface area (Å²) in [5.41, 5.74) is 39.6. The van der Waals surface area contributed by atoms with Gasteiger partial charge in [-0.15, -0.1) is 12.4 Å². The average Bonchev–Trinajstić information content (AvgIpc) is 0.857. The number of rotatable bonds is 22. The summed E-state index contributed by atoms with van der Waals surface area (Å²) < 4.78 is 64.0. The number of methoxy groups -OCH3 is 4. The number of carbonyl (C=O) groups excluding carboxylic acids is 7. The third-order valence-corrected chi connectivity index (χ3v) is 20.2. The second kappa shape index (κ2) is 51.5. The second-order valence-corrected chi connectivity index (χ2v) is 30.8. The van der Waals surface area contributed by atoms with Gasteiger partial charge in [0.15, 0.2) is 0 Å². The van der Waals surface area contributed by atoms with Crippen LogP contribution in [0.3, 0.4) is 0 Å². The quantitative estimate of drug-likeness (QED) is 0.00827. The van der Waals surface area contributed by atoms with Crippen LogP contribution in [0.1, 0.15) is 81.1 Å². The first-order valence-corrected chi connectivity index (χ1v) is 40.7. The molecule has 686 valence electrons. The zero-order chi connectivity index (χ0) is 95.3. The van der Waals surface area contributed by atoms with E-state index in [1.54, 1.807) is 207 Å². The molecule has 10 aromatic carbocycles. The number of aromatic hydroxyl groups is 1. The number of hydrogen-bond donors (Lipinski definition) is 7. The third-order valence-electron chi connectivity index (χ3n) is 18.5. The Balaban J connectivity index is 0.000000259. The Hall–Kier alpha value is -13.3. The number of amides is 4. The molecule has 0 aliphatic carbocycles. The zero-order valence-electron chi connectivity index (χ0n) is 73.2. The van der Waals surface area contributed by atoms with Crippen molar-refractivity contribution in [1.29, 1.82) is 0 Å². The molecule has 0 spiro atoms. The van der Waals surface area contributed by atoms with Crippen molar-refractivity contribution in [1.82, 2.24) is 19.9 Å². The van der Waals surface area contributed by atoms with Crippen molar-refractivity contribution in [2.24, 2.45) is 33.3 Å². The summed E-state index contributed by atoms with van der Waals surface area (Å²) in [5, 5.41) is 13.4. The number of ether oxygens (including phenoxy) is 9. The summed E-state index contributed by atoms with van der Waals surface area (Å²) >= 11 is 35.4. The van der Waals surface area contributed by atoms with Crippen LogP contribution in [0.2, 0.25) is 25.1 Å². The molecular weight excluding hydrogens is 1870 g/mol. The van der Waals surface area contributed by atoms with Gasteiger partial charge in [0.05, 0.1) is 121 Å². The first-order valence-electron chi connectivity index (χ1n) is 39.1. The third kappa shape index (κ3) is 30.6. The molecule has 5 heterocycles. The van der Waals surface area contributed by atoms with Crippen molar-refractivity contribution < 1.29 is 122 Å². The number of fused-ring (bicyclic) bond motifs is 4. The van der Waals surface area contributed by atoms with E-state index in [2.05, 4.69) is 50.4 Å². The molecule has 38 heteroatoms. The van der Waals surface area contributed by atoms with Crippen LogP contribution < -0.4 is 107 Å². The van der Waals surface area contributed by atoms with Crippen LogP contribution in [-0.4, -0.2) is 119 Å². The number of halogens is 8. The molecule has 0 bridgehead atoms. The van der Waals surface area contributed by atoms with E-state index in [9.17, 15) is 38.0 Å². The minimum absolute atomic E-state index is 0. The van der Waals surface area contributed by atoms with E-state index in [-0.39, 0.29) is 93.9 Å². The number of pyridine rings is 4. The first-order chi connectivity index (χ1) is 62.5. The summed E-state index contributed by atoms with van der Waals surface area (Å²) in [4.78, 5) is 103. The van der Waals surface area contributed by atoms with Gasteiger partial charge in [-0.25, -0.2) is 4.79 Å². The number of ketones is 1. The molecule has 4 aromatic heterocycles. The van der Waals surface area contributed by atoms with E-state index in [4.69, 9.17) is 148 Å². The zero-order valence-corrected chi connectivity index (χ0v) is 79.6. The fourth-order valence-electron chi connectivity index (χ4n) is 12.2. The van der Waals surface area contributed by atoms with E-state index in [0.717, 1.165) is 16.8 Å². The number of anilines is 2. The summed E-state index contributed by atoms with van der Waals surface area (Å²) in [6, 6.07) is 56.7. The van der Waals surface area contributed by atoms with Crippen LogP contribution in [0.25, 0.3) is 43.6 Å². The number of aliphatic imine (C=N–C) groups is 1. The summed E-state index contributed by atoms with van der Waals surface area (Å²) in [6.07, 6.45) is 8.99. The number of nitrogen functional groups attached to an aromatic ring is 2. The van der Waals surface area contributed by atoms with Crippen molar-refractivity contribution in [2.75, 3.05) is 53.6 Å². The number of para-hydroxylation sites is 2. The van der Waals surface area contributed by atoms with Crippen molar-refractivity contribution in [2.45, 2.75) is 40.0 Å². The van der Waals surface area contributed by atoms with Crippen molar-refractivity contribution in [3.8, 4) is 74.7 Å². The molecule has 0 saturated heterocycles. The number of allylic oxidation sites excluding steroid dienone is 1. The maximum absolute atomic E-state index is 12.7. The van der Waals surface area contributed by atoms with Gasteiger partial charge in [-0.1, -0.05) is 127 Å². The Kier molecular flexibility index (Phi) is 41.3. The number of phenols is 1. The number of alkyl halides is 1.